The Morgan fingerprint density at radius 1 is 1.26 bits per heavy atom. The van der Waals surface area contributed by atoms with Crippen molar-refractivity contribution < 1.29 is 14.0 Å². The summed E-state index contributed by atoms with van der Waals surface area (Å²) in [5.41, 5.74) is 1.60. The molecule has 1 saturated heterocycles. The molecular weight excluding hydrogens is 431 g/mol. The van der Waals surface area contributed by atoms with Crippen molar-refractivity contribution in [2.45, 2.75) is 23.8 Å². The molecule has 2 amide bonds. The van der Waals surface area contributed by atoms with E-state index in [0.717, 1.165) is 32.8 Å². The van der Waals surface area contributed by atoms with Gasteiger partial charge in [-0.3, -0.25) is 9.59 Å². The van der Waals surface area contributed by atoms with Crippen LogP contribution < -0.4 is 10.2 Å². The molecule has 2 atom stereocenters. The molecule has 2 aromatic carbocycles. The number of anilines is 1. The minimum Gasteiger partial charge on any atom is -0.349 e. The van der Waals surface area contributed by atoms with E-state index in [9.17, 15) is 14.0 Å². The number of fused-ring (bicyclic) bond motifs is 1. The molecule has 1 N–H and O–H groups in total. The largest absolute Gasteiger partial charge is 0.349 e. The van der Waals surface area contributed by atoms with Gasteiger partial charge in [-0.05, 0) is 58.2 Å². The van der Waals surface area contributed by atoms with E-state index >= 15 is 0 Å². The Balaban J connectivity index is 1.48. The molecule has 0 aromatic heterocycles. The number of halogens is 2. The smallest absolute Gasteiger partial charge is 0.227 e. The van der Waals surface area contributed by atoms with Crippen LogP contribution in [0.15, 0.2) is 51.8 Å². The van der Waals surface area contributed by atoms with E-state index in [4.69, 9.17) is 0 Å². The van der Waals surface area contributed by atoms with Gasteiger partial charge in [0.2, 0.25) is 11.8 Å². The van der Waals surface area contributed by atoms with Crippen LogP contribution in [0, 0.1) is 11.7 Å². The molecular formula is C20H18BrFN2O2S. The summed E-state index contributed by atoms with van der Waals surface area (Å²) in [6, 6.07) is 12.0. The lowest BCUT2D eigenvalue weighted by molar-refractivity contribution is -0.127. The van der Waals surface area contributed by atoms with Gasteiger partial charge in [-0.25, -0.2) is 4.39 Å². The molecule has 0 unspecified atom stereocenters. The maximum absolute atomic E-state index is 13.7. The van der Waals surface area contributed by atoms with Crippen molar-refractivity contribution in [3.63, 3.8) is 0 Å². The summed E-state index contributed by atoms with van der Waals surface area (Å²) in [6.45, 7) is 0.352. The standard InChI is InChI=1S/C20H18BrFN2O2S/c21-15-3-1-2-4-17(15)24-11-12(9-19(24)25)20(26)23-16-7-8-27-18-6-5-13(22)10-14(16)18/h1-6,10,12,16H,7-9,11H2,(H,23,26)/t12-,16-/m0/s1. The molecule has 0 aliphatic carbocycles. The summed E-state index contributed by atoms with van der Waals surface area (Å²) in [7, 11) is 0. The third-order valence-electron chi connectivity index (χ3n) is 4.97. The molecule has 2 heterocycles. The number of hydrogen-bond acceptors (Lipinski definition) is 3. The average Bonchev–Trinajstić information content (AvgIpc) is 3.04. The van der Waals surface area contributed by atoms with E-state index in [1.165, 1.54) is 12.1 Å². The van der Waals surface area contributed by atoms with Crippen molar-refractivity contribution in [3.05, 3.63) is 58.3 Å². The molecule has 0 bridgehead atoms. The molecule has 0 radical (unpaired) electrons. The molecule has 4 rings (SSSR count). The maximum atomic E-state index is 13.7. The molecule has 2 aliphatic heterocycles. The fourth-order valence-corrected chi connectivity index (χ4v) is 5.20. The number of carbonyl (C=O) groups excluding carboxylic acids is 2. The molecule has 7 heteroatoms. The van der Waals surface area contributed by atoms with Gasteiger partial charge in [-0.1, -0.05) is 12.1 Å². The Morgan fingerprint density at radius 3 is 2.89 bits per heavy atom. The van der Waals surface area contributed by atoms with Crippen LogP contribution in [0.3, 0.4) is 0 Å². The molecule has 2 aliphatic rings. The SMILES string of the molecule is O=C(N[C@H]1CCSc2ccc(F)cc21)[C@H]1CC(=O)N(c2ccccc2Br)C1. The number of thioether (sulfide) groups is 1. The van der Waals surface area contributed by atoms with Crippen molar-refractivity contribution in [1.82, 2.24) is 5.32 Å². The molecule has 140 valence electrons. The second kappa shape index (κ2) is 7.64. The van der Waals surface area contributed by atoms with Crippen molar-refractivity contribution in [2.75, 3.05) is 17.2 Å². The van der Waals surface area contributed by atoms with E-state index in [1.807, 2.05) is 24.3 Å². The van der Waals surface area contributed by atoms with Gasteiger partial charge in [0, 0.05) is 28.1 Å². The Bertz CT molecular complexity index is 907. The predicted molar refractivity (Wildman–Crippen MR) is 107 cm³/mol. The Morgan fingerprint density at radius 2 is 2.07 bits per heavy atom. The highest BCUT2D eigenvalue weighted by atomic mass is 79.9. The van der Waals surface area contributed by atoms with E-state index < -0.39 is 5.92 Å². The van der Waals surface area contributed by atoms with E-state index in [1.54, 1.807) is 22.7 Å². The second-order valence-corrected chi connectivity index (χ2v) is 8.73. The highest BCUT2D eigenvalue weighted by Gasteiger charge is 2.37. The Hall–Kier alpha value is -1.86. The number of nitrogens with zero attached hydrogens (tertiary/aromatic N) is 1. The molecule has 27 heavy (non-hydrogen) atoms. The highest BCUT2D eigenvalue weighted by molar-refractivity contribution is 9.10. The summed E-state index contributed by atoms with van der Waals surface area (Å²) in [6.07, 6.45) is 0.937. The number of amides is 2. The van der Waals surface area contributed by atoms with E-state index in [-0.39, 0.29) is 30.1 Å². The van der Waals surface area contributed by atoms with Gasteiger partial charge in [0.05, 0.1) is 17.6 Å². The molecule has 4 nitrogen and oxygen atoms in total. The van der Waals surface area contributed by atoms with Crippen molar-refractivity contribution in [1.29, 1.82) is 0 Å². The lowest BCUT2D eigenvalue weighted by atomic mass is 10.0. The zero-order chi connectivity index (χ0) is 19.0. The van der Waals surface area contributed by atoms with Gasteiger partial charge in [0.15, 0.2) is 0 Å². The van der Waals surface area contributed by atoms with Crippen LogP contribution >= 0.6 is 27.7 Å². The number of carbonyl (C=O) groups is 2. The van der Waals surface area contributed by atoms with Crippen LogP contribution in [0.25, 0.3) is 0 Å². The van der Waals surface area contributed by atoms with Crippen LogP contribution in [-0.2, 0) is 9.59 Å². The molecule has 1 fully saturated rings. The first-order valence-corrected chi connectivity index (χ1v) is 10.6. The van der Waals surface area contributed by atoms with E-state index in [2.05, 4.69) is 21.2 Å². The zero-order valence-corrected chi connectivity index (χ0v) is 16.9. The summed E-state index contributed by atoms with van der Waals surface area (Å²) < 4.78 is 14.5. The van der Waals surface area contributed by atoms with E-state index in [0.29, 0.717) is 6.54 Å². The topological polar surface area (TPSA) is 49.4 Å². The first-order chi connectivity index (χ1) is 13.0. The van der Waals surface area contributed by atoms with Crippen LogP contribution in [0.5, 0.6) is 0 Å². The van der Waals surface area contributed by atoms with Crippen LogP contribution in [-0.4, -0.2) is 24.1 Å². The minimum atomic E-state index is -0.406. The average molecular weight is 449 g/mol. The van der Waals surface area contributed by atoms with Crippen LogP contribution in [0.4, 0.5) is 10.1 Å². The van der Waals surface area contributed by atoms with Gasteiger partial charge in [0.25, 0.3) is 0 Å². The minimum absolute atomic E-state index is 0.0623. The Labute approximate surface area is 169 Å². The van der Waals surface area contributed by atoms with Gasteiger partial charge in [0.1, 0.15) is 5.82 Å². The van der Waals surface area contributed by atoms with Gasteiger partial charge >= 0.3 is 0 Å². The lowest BCUT2D eigenvalue weighted by Gasteiger charge is -2.27. The van der Waals surface area contributed by atoms with Crippen LogP contribution in [0.2, 0.25) is 0 Å². The lowest BCUT2D eigenvalue weighted by Crippen LogP contribution is -2.36. The monoisotopic (exact) mass is 448 g/mol. The molecule has 0 saturated carbocycles. The molecule has 2 aromatic rings. The third kappa shape index (κ3) is 3.75. The summed E-state index contributed by atoms with van der Waals surface area (Å²) in [5.74, 6) is -0.0449. The predicted octanol–water partition coefficient (Wildman–Crippen LogP) is 4.29. The van der Waals surface area contributed by atoms with Gasteiger partial charge in [-0.2, -0.15) is 0 Å². The van der Waals surface area contributed by atoms with Crippen molar-refractivity contribution in [2.24, 2.45) is 5.92 Å². The number of hydrogen-bond donors (Lipinski definition) is 1. The highest BCUT2D eigenvalue weighted by Crippen LogP contribution is 2.37. The maximum Gasteiger partial charge on any atom is 0.227 e. The number of nitrogens with one attached hydrogen (secondary N) is 1. The Kier molecular flexibility index (Phi) is 5.23. The first-order valence-electron chi connectivity index (χ1n) is 8.80. The zero-order valence-electron chi connectivity index (χ0n) is 14.5. The van der Waals surface area contributed by atoms with Crippen molar-refractivity contribution >= 4 is 45.2 Å². The quantitative estimate of drug-likeness (QED) is 0.761. The summed E-state index contributed by atoms with van der Waals surface area (Å²) >= 11 is 5.14. The number of rotatable bonds is 3. The number of para-hydroxylation sites is 1. The third-order valence-corrected chi connectivity index (χ3v) is 6.76. The van der Waals surface area contributed by atoms with Gasteiger partial charge in [-0.15, -0.1) is 11.8 Å². The van der Waals surface area contributed by atoms with Gasteiger partial charge < -0.3 is 10.2 Å². The summed E-state index contributed by atoms with van der Waals surface area (Å²) in [5, 5.41) is 3.04. The van der Waals surface area contributed by atoms with Crippen molar-refractivity contribution in [3.8, 4) is 0 Å². The van der Waals surface area contributed by atoms with Crippen LogP contribution in [0.1, 0.15) is 24.4 Å². The fourth-order valence-electron chi connectivity index (χ4n) is 3.59. The normalized spacial score (nSPS) is 21.9. The fraction of sp³-hybridized carbons (Fsp3) is 0.300. The first kappa shape index (κ1) is 18.5. The number of benzene rings is 2. The summed E-state index contributed by atoms with van der Waals surface area (Å²) in [4.78, 5) is 27.9. The second-order valence-electron chi connectivity index (χ2n) is 6.74. The molecule has 0 spiro atoms.